The topological polar surface area (TPSA) is 98.8 Å². The molecule has 1 heterocycles. The van der Waals surface area contributed by atoms with E-state index in [4.69, 9.17) is 14.2 Å². The Labute approximate surface area is 157 Å². The molecule has 0 fully saturated rings. The van der Waals surface area contributed by atoms with E-state index >= 15 is 0 Å². The molecule has 0 saturated carbocycles. The maximum Gasteiger partial charge on any atom is 0.257 e. The molecule has 1 aromatic heterocycles. The van der Waals surface area contributed by atoms with Gasteiger partial charge in [-0.25, -0.2) is 0 Å². The van der Waals surface area contributed by atoms with Gasteiger partial charge in [-0.1, -0.05) is 6.92 Å². The molecule has 2 aromatic rings. The van der Waals surface area contributed by atoms with Crippen LogP contribution in [-0.2, 0) is 0 Å². The molecule has 0 saturated heterocycles. The van der Waals surface area contributed by atoms with Gasteiger partial charge in [0.05, 0.1) is 32.5 Å². The summed E-state index contributed by atoms with van der Waals surface area (Å²) in [6.07, 6.45) is 3.63. The van der Waals surface area contributed by atoms with Crippen LogP contribution in [0.1, 0.15) is 34.1 Å². The number of nitrogens with zero attached hydrogens (tertiary/aromatic N) is 1. The van der Waals surface area contributed by atoms with Gasteiger partial charge >= 0.3 is 0 Å². The third kappa shape index (κ3) is 4.87. The first-order valence-electron chi connectivity index (χ1n) is 8.38. The number of pyridine rings is 1. The van der Waals surface area contributed by atoms with Gasteiger partial charge in [-0.15, -0.1) is 0 Å². The zero-order chi connectivity index (χ0) is 19.8. The summed E-state index contributed by atoms with van der Waals surface area (Å²) in [6, 6.07) is 4.72. The summed E-state index contributed by atoms with van der Waals surface area (Å²) in [7, 11) is 4.48. The van der Waals surface area contributed by atoms with E-state index in [9.17, 15) is 9.59 Å². The third-order valence-corrected chi connectivity index (χ3v) is 3.72. The van der Waals surface area contributed by atoms with Crippen LogP contribution in [0.4, 0.5) is 5.69 Å². The number of aromatic nitrogens is 1. The average molecular weight is 373 g/mol. The van der Waals surface area contributed by atoms with E-state index in [1.165, 1.54) is 39.8 Å². The largest absolute Gasteiger partial charge is 0.493 e. The minimum absolute atomic E-state index is 0.257. The molecule has 2 rings (SSSR count). The molecule has 27 heavy (non-hydrogen) atoms. The zero-order valence-corrected chi connectivity index (χ0v) is 15.8. The normalized spacial score (nSPS) is 10.1. The van der Waals surface area contributed by atoms with Crippen molar-refractivity contribution in [2.24, 2.45) is 0 Å². The zero-order valence-electron chi connectivity index (χ0n) is 15.8. The summed E-state index contributed by atoms with van der Waals surface area (Å²) < 4.78 is 15.8. The van der Waals surface area contributed by atoms with Crippen molar-refractivity contribution in [2.45, 2.75) is 13.3 Å². The first-order valence-corrected chi connectivity index (χ1v) is 8.38. The first kappa shape index (κ1) is 20.0. The van der Waals surface area contributed by atoms with Crippen molar-refractivity contribution in [3.63, 3.8) is 0 Å². The van der Waals surface area contributed by atoms with Crippen LogP contribution in [0.15, 0.2) is 30.6 Å². The summed E-state index contributed by atoms with van der Waals surface area (Å²) in [5, 5.41) is 5.49. The fraction of sp³-hybridized carbons (Fsp3) is 0.316. The highest BCUT2D eigenvalue weighted by molar-refractivity contribution is 6.06. The van der Waals surface area contributed by atoms with Gasteiger partial charge in [0.25, 0.3) is 11.8 Å². The number of anilines is 1. The molecule has 0 spiro atoms. The molecule has 1 aromatic carbocycles. The molecule has 8 heteroatoms. The minimum atomic E-state index is -0.415. The maximum absolute atomic E-state index is 12.6. The molecular weight excluding hydrogens is 350 g/mol. The Morgan fingerprint density at radius 1 is 0.926 bits per heavy atom. The monoisotopic (exact) mass is 373 g/mol. The number of carbonyl (C=O) groups is 2. The van der Waals surface area contributed by atoms with Crippen LogP contribution in [0.5, 0.6) is 17.2 Å². The van der Waals surface area contributed by atoms with Gasteiger partial charge in [0.1, 0.15) is 0 Å². The number of carbonyl (C=O) groups excluding carboxylic acids is 2. The lowest BCUT2D eigenvalue weighted by Crippen LogP contribution is -2.24. The minimum Gasteiger partial charge on any atom is -0.493 e. The van der Waals surface area contributed by atoms with Gasteiger partial charge in [-0.3, -0.25) is 14.6 Å². The van der Waals surface area contributed by atoms with Crippen LogP contribution in [0.3, 0.4) is 0 Å². The number of hydrogen-bond acceptors (Lipinski definition) is 6. The number of methoxy groups -OCH3 is 3. The van der Waals surface area contributed by atoms with Gasteiger partial charge in [0.15, 0.2) is 11.5 Å². The number of ether oxygens (including phenoxy) is 3. The molecule has 0 bridgehead atoms. The van der Waals surface area contributed by atoms with Gasteiger partial charge in [0.2, 0.25) is 5.75 Å². The summed E-state index contributed by atoms with van der Waals surface area (Å²) in [6.45, 7) is 2.51. The van der Waals surface area contributed by atoms with Crippen LogP contribution in [-0.4, -0.2) is 44.7 Å². The number of amides is 2. The highest BCUT2D eigenvalue weighted by Crippen LogP contribution is 2.40. The number of rotatable bonds is 8. The van der Waals surface area contributed by atoms with Crippen LogP contribution < -0.4 is 24.8 Å². The van der Waals surface area contributed by atoms with Crippen LogP contribution in [0.25, 0.3) is 0 Å². The van der Waals surface area contributed by atoms with Crippen molar-refractivity contribution in [1.82, 2.24) is 10.3 Å². The summed E-state index contributed by atoms with van der Waals surface area (Å²) in [5.41, 5.74) is 1.03. The lowest BCUT2D eigenvalue weighted by molar-refractivity contribution is 0.0953. The Bertz CT molecular complexity index is 798. The van der Waals surface area contributed by atoms with E-state index < -0.39 is 5.91 Å². The summed E-state index contributed by atoms with van der Waals surface area (Å²) in [4.78, 5) is 28.6. The molecule has 0 aliphatic heterocycles. The molecule has 0 atom stereocenters. The molecule has 2 N–H and O–H groups in total. The number of nitrogens with one attached hydrogen (secondary N) is 2. The van der Waals surface area contributed by atoms with E-state index in [-0.39, 0.29) is 11.5 Å². The summed E-state index contributed by atoms with van der Waals surface area (Å²) in [5.74, 6) is 0.568. The molecule has 0 aliphatic carbocycles. The van der Waals surface area contributed by atoms with Crippen molar-refractivity contribution in [3.8, 4) is 17.2 Å². The van der Waals surface area contributed by atoms with E-state index in [0.29, 0.717) is 35.0 Å². The Morgan fingerprint density at radius 2 is 1.52 bits per heavy atom. The molecule has 8 nitrogen and oxygen atoms in total. The van der Waals surface area contributed by atoms with Gasteiger partial charge < -0.3 is 24.8 Å². The lowest BCUT2D eigenvalue weighted by Gasteiger charge is -2.14. The Kier molecular flexibility index (Phi) is 6.99. The Hall–Kier alpha value is -3.29. The molecule has 0 aliphatic rings. The second kappa shape index (κ2) is 9.42. The van der Waals surface area contributed by atoms with Crippen molar-refractivity contribution in [3.05, 3.63) is 41.7 Å². The first-order chi connectivity index (χ1) is 13.0. The van der Waals surface area contributed by atoms with E-state index in [1.807, 2.05) is 6.92 Å². The SMILES string of the molecule is CCCNC(=O)c1cncc(C(=O)Nc2cc(OC)c(OC)c(OC)c2)c1. The van der Waals surface area contributed by atoms with E-state index in [1.54, 1.807) is 12.1 Å². The van der Waals surface area contributed by atoms with Crippen molar-refractivity contribution >= 4 is 17.5 Å². The fourth-order valence-corrected chi connectivity index (χ4v) is 2.39. The Morgan fingerprint density at radius 3 is 2.04 bits per heavy atom. The number of benzene rings is 1. The summed E-state index contributed by atoms with van der Waals surface area (Å²) >= 11 is 0. The van der Waals surface area contributed by atoms with Gasteiger partial charge in [0, 0.05) is 36.8 Å². The molecule has 2 amide bonds. The predicted octanol–water partition coefficient (Wildman–Crippen LogP) is 2.50. The Balaban J connectivity index is 2.23. The molecule has 144 valence electrons. The molecule has 0 unspecified atom stereocenters. The molecular formula is C19H23N3O5. The predicted molar refractivity (Wildman–Crippen MR) is 101 cm³/mol. The number of hydrogen-bond donors (Lipinski definition) is 2. The van der Waals surface area contributed by atoms with Crippen LogP contribution >= 0.6 is 0 Å². The quantitative estimate of drug-likeness (QED) is 0.738. The maximum atomic E-state index is 12.6. The lowest BCUT2D eigenvalue weighted by atomic mass is 10.1. The fourth-order valence-electron chi connectivity index (χ4n) is 2.39. The van der Waals surface area contributed by atoms with E-state index in [0.717, 1.165) is 6.42 Å². The van der Waals surface area contributed by atoms with Gasteiger partial charge in [-0.2, -0.15) is 0 Å². The standard InChI is InChI=1S/C19H23N3O5/c1-5-6-21-18(23)12-7-13(11-20-10-12)19(24)22-14-8-15(25-2)17(27-4)16(9-14)26-3/h7-11H,5-6H2,1-4H3,(H,21,23)(H,22,24). The van der Waals surface area contributed by atoms with Crippen molar-refractivity contribution < 1.29 is 23.8 Å². The highest BCUT2D eigenvalue weighted by atomic mass is 16.5. The van der Waals surface area contributed by atoms with Crippen LogP contribution in [0, 0.1) is 0 Å². The van der Waals surface area contributed by atoms with Crippen molar-refractivity contribution in [1.29, 1.82) is 0 Å². The molecule has 0 radical (unpaired) electrons. The smallest absolute Gasteiger partial charge is 0.257 e. The van der Waals surface area contributed by atoms with E-state index in [2.05, 4.69) is 15.6 Å². The third-order valence-electron chi connectivity index (χ3n) is 3.72. The average Bonchev–Trinajstić information content (AvgIpc) is 2.71. The van der Waals surface area contributed by atoms with Crippen molar-refractivity contribution in [2.75, 3.05) is 33.2 Å². The van der Waals surface area contributed by atoms with Gasteiger partial charge in [-0.05, 0) is 12.5 Å². The highest BCUT2D eigenvalue weighted by Gasteiger charge is 2.16. The van der Waals surface area contributed by atoms with Crippen LogP contribution in [0.2, 0.25) is 0 Å². The second-order valence-corrected chi connectivity index (χ2v) is 5.59. The second-order valence-electron chi connectivity index (χ2n) is 5.59.